The van der Waals surface area contributed by atoms with Crippen molar-refractivity contribution in [3.63, 3.8) is 0 Å². The number of hydrazone groups is 1. The lowest BCUT2D eigenvalue weighted by Crippen LogP contribution is -2.21. The van der Waals surface area contributed by atoms with E-state index < -0.39 is 11.7 Å². The number of hydrogen-bond donors (Lipinski definition) is 0. The van der Waals surface area contributed by atoms with Crippen molar-refractivity contribution < 1.29 is 18.0 Å². The molecule has 0 bridgehead atoms. The standard InChI is InChI=1S/C18H13F3N2O/c1-12-16(11-13-7-9-14(10-8-13)18(19,20)21)17(24)23(22-12)15-5-3-2-4-6-15/h2-11H,1H3/b16-11-. The molecule has 0 fully saturated rings. The molecule has 0 radical (unpaired) electrons. The van der Waals surface area contributed by atoms with Gasteiger partial charge in [-0.3, -0.25) is 4.79 Å². The summed E-state index contributed by atoms with van der Waals surface area (Å²) in [6.07, 6.45) is -2.83. The van der Waals surface area contributed by atoms with Gasteiger partial charge in [-0.1, -0.05) is 30.3 Å². The Labute approximate surface area is 136 Å². The molecule has 1 aliphatic heterocycles. The van der Waals surface area contributed by atoms with Crippen LogP contribution in [0.3, 0.4) is 0 Å². The Bertz CT molecular complexity index is 822. The highest BCUT2D eigenvalue weighted by atomic mass is 19.4. The van der Waals surface area contributed by atoms with Gasteiger partial charge in [0.2, 0.25) is 0 Å². The van der Waals surface area contributed by atoms with Gasteiger partial charge in [0.25, 0.3) is 5.91 Å². The third-order valence-electron chi connectivity index (χ3n) is 3.61. The number of carbonyl (C=O) groups excluding carboxylic acids is 1. The molecular weight excluding hydrogens is 317 g/mol. The Kier molecular flexibility index (Phi) is 3.97. The largest absolute Gasteiger partial charge is 0.416 e. The Morgan fingerprint density at radius 1 is 1.00 bits per heavy atom. The van der Waals surface area contributed by atoms with Crippen LogP contribution in [0.15, 0.2) is 65.3 Å². The first-order valence-electron chi connectivity index (χ1n) is 7.20. The molecule has 0 aromatic heterocycles. The van der Waals surface area contributed by atoms with Gasteiger partial charge in [0.1, 0.15) is 0 Å². The Morgan fingerprint density at radius 2 is 1.62 bits per heavy atom. The molecule has 1 amide bonds. The SMILES string of the molecule is CC1=NN(c2ccccc2)C(=O)/C1=C\c1ccc(C(F)(F)F)cc1. The number of alkyl halides is 3. The van der Waals surface area contributed by atoms with E-state index in [1.54, 1.807) is 37.3 Å². The van der Waals surface area contributed by atoms with Crippen molar-refractivity contribution in [1.29, 1.82) is 0 Å². The summed E-state index contributed by atoms with van der Waals surface area (Å²) in [7, 11) is 0. The Balaban J connectivity index is 1.89. The zero-order chi connectivity index (χ0) is 17.3. The minimum Gasteiger partial charge on any atom is -0.267 e. The molecule has 24 heavy (non-hydrogen) atoms. The van der Waals surface area contributed by atoms with Gasteiger partial charge in [-0.05, 0) is 42.8 Å². The number of anilines is 1. The summed E-state index contributed by atoms with van der Waals surface area (Å²) in [6, 6.07) is 13.6. The van der Waals surface area contributed by atoms with Gasteiger partial charge in [-0.15, -0.1) is 0 Å². The summed E-state index contributed by atoms with van der Waals surface area (Å²) in [6.45, 7) is 1.69. The van der Waals surface area contributed by atoms with E-state index >= 15 is 0 Å². The van der Waals surface area contributed by atoms with Gasteiger partial charge in [-0.2, -0.15) is 23.3 Å². The molecule has 2 aromatic rings. The quantitative estimate of drug-likeness (QED) is 0.746. The second-order valence-corrected chi connectivity index (χ2v) is 5.32. The molecule has 3 nitrogen and oxygen atoms in total. The fourth-order valence-electron chi connectivity index (χ4n) is 2.36. The summed E-state index contributed by atoms with van der Waals surface area (Å²) in [4.78, 5) is 12.5. The lowest BCUT2D eigenvalue weighted by Gasteiger charge is -2.11. The molecule has 0 saturated carbocycles. The van der Waals surface area contributed by atoms with Crippen LogP contribution in [0.1, 0.15) is 18.1 Å². The van der Waals surface area contributed by atoms with E-state index in [9.17, 15) is 18.0 Å². The van der Waals surface area contributed by atoms with E-state index in [1.807, 2.05) is 6.07 Å². The summed E-state index contributed by atoms with van der Waals surface area (Å²) in [5, 5.41) is 5.51. The first kappa shape index (κ1) is 16.0. The van der Waals surface area contributed by atoms with Crippen LogP contribution in [0.5, 0.6) is 0 Å². The molecule has 0 atom stereocenters. The fraction of sp³-hybridized carbons (Fsp3) is 0.111. The highest BCUT2D eigenvalue weighted by molar-refractivity contribution is 6.32. The molecule has 0 N–H and O–H groups in total. The van der Waals surface area contributed by atoms with E-state index in [1.165, 1.54) is 17.1 Å². The summed E-state index contributed by atoms with van der Waals surface area (Å²) >= 11 is 0. The van der Waals surface area contributed by atoms with Crippen LogP contribution in [-0.4, -0.2) is 11.6 Å². The highest BCUT2D eigenvalue weighted by Gasteiger charge is 2.30. The summed E-state index contributed by atoms with van der Waals surface area (Å²) < 4.78 is 37.8. The van der Waals surface area contributed by atoms with Crippen LogP contribution in [0.25, 0.3) is 6.08 Å². The number of carbonyl (C=O) groups is 1. The van der Waals surface area contributed by atoms with Crippen molar-refractivity contribution in [3.05, 3.63) is 71.3 Å². The minimum atomic E-state index is -4.38. The fourth-order valence-corrected chi connectivity index (χ4v) is 2.36. The molecule has 0 unspecified atom stereocenters. The number of hydrogen-bond acceptors (Lipinski definition) is 2. The molecular formula is C18H13F3N2O. The minimum absolute atomic E-state index is 0.307. The third kappa shape index (κ3) is 3.08. The van der Waals surface area contributed by atoms with Gasteiger partial charge in [0.05, 0.1) is 22.5 Å². The molecule has 3 rings (SSSR count). The molecule has 6 heteroatoms. The maximum atomic E-state index is 12.6. The molecule has 0 aliphatic carbocycles. The van der Waals surface area contributed by atoms with Crippen molar-refractivity contribution >= 4 is 23.4 Å². The first-order valence-corrected chi connectivity index (χ1v) is 7.20. The van der Waals surface area contributed by atoms with Gasteiger partial charge in [0, 0.05) is 0 Å². The van der Waals surface area contributed by atoms with Crippen LogP contribution in [0.2, 0.25) is 0 Å². The highest BCUT2D eigenvalue weighted by Crippen LogP contribution is 2.30. The number of halogens is 3. The average Bonchev–Trinajstić information content (AvgIpc) is 2.83. The zero-order valence-corrected chi connectivity index (χ0v) is 12.7. The van der Waals surface area contributed by atoms with E-state index in [0.717, 1.165) is 12.1 Å². The lowest BCUT2D eigenvalue weighted by atomic mass is 10.1. The van der Waals surface area contributed by atoms with Crippen molar-refractivity contribution in [2.75, 3.05) is 5.01 Å². The smallest absolute Gasteiger partial charge is 0.267 e. The van der Waals surface area contributed by atoms with Crippen LogP contribution in [0.4, 0.5) is 18.9 Å². The Morgan fingerprint density at radius 3 is 2.21 bits per heavy atom. The maximum absolute atomic E-state index is 12.6. The second-order valence-electron chi connectivity index (χ2n) is 5.32. The predicted octanol–water partition coefficient (Wildman–Crippen LogP) is 4.51. The van der Waals surface area contributed by atoms with Gasteiger partial charge in [-0.25, -0.2) is 0 Å². The van der Waals surface area contributed by atoms with Crippen molar-refractivity contribution in [3.8, 4) is 0 Å². The average molecular weight is 330 g/mol. The van der Waals surface area contributed by atoms with Crippen LogP contribution < -0.4 is 5.01 Å². The van der Waals surface area contributed by atoms with Gasteiger partial charge in [0.15, 0.2) is 0 Å². The molecule has 2 aromatic carbocycles. The first-order chi connectivity index (χ1) is 11.4. The molecule has 1 heterocycles. The van der Waals surface area contributed by atoms with E-state index in [2.05, 4.69) is 5.10 Å². The van der Waals surface area contributed by atoms with Crippen molar-refractivity contribution in [2.24, 2.45) is 5.10 Å². The number of para-hydroxylation sites is 1. The summed E-state index contributed by atoms with van der Waals surface area (Å²) in [5.74, 6) is -0.307. The van der Waals surface area contributed by atoms with E-state index in [0.29, 0.717) is 22.5 Å². The maximum Gasteiger partial charge on any atom is 0.416 e. The lowest BCUT2D eigenvalue weighted by molar-refractivity contribution is -0.137. The van der Waals surface area contributed by atoms with Crippen LogP contribution in [-0.2, 0) is 11.0 Å². The number of rotatable bonds is 2. The number of amides is 1. The molecule has 1 aliphatic rings. The molecule has 122 valence electrons. The third-order valence-corrected chi connectivity index (χ3v) is 3.61. The van der Waals surface area contributed by atoms with Crippen LogP contribution >= 0.6 is 0 Å². The van der Waals surface area contributed by atoms with Crippen LogP contribution in [0, 0.1) is 0 Å². The zero-order valence-electron chi connectivity index (χ0n) is 12.7. The predicted molar refractivity (Wildman–Crippen MR) is 86.5 cm³/mol. The summed E-state index contributed by atoms with van der Waals surface area (Å²) in [5.41, 5.74) is 1.30. The normalized spacial score (nSPS) is 16.7. The van der Waals surface area contributed by atoms with Gasteiger partial charge >= 0.3 is 6.18 Å². The molecule has 0 spiro atoms. The second kappa shape index (κ2) is 5.96. The van der Waals surface area contributed by atoms with E-state index in [-0.39, 0.29) is 5.91 Å². The Hall–Kier alpha value is -2.89. The van der Waals surface area contributed by atoms with Crippen molar-refractivity contribution in [2.45, 2.75) is 13.1 Å². The van der Waals surface area contributed by atoms with Gasteiger partial charge < -0.3 is 0 Å². The number of nitrogens with zero attached hydrogens (tertiary/aromatic N) is 2. The number of benzene rings is 2. The topological polar surface area (TPSA) is 32.7 Å². The molecule has 0 saturated heterocycles. The van der Waals surface area contributed by atoms with Crippen molar-refractivity contribution in [1.82, 2.24) is 0 Å². The monoisotopic (exact) mass is 330 g/mol. The van der Waals surface area contributed by atoms with E-state index in [4.69, 9.17) is 0 Å².